The first-order chi connectivity index (χ1) is 8.33. The Morgan fingerprint density at radius 1 is 1.53 bits per heavy atom. The van der Waals surface area contributed by atoms with Gasteiger partial charge in [0.25, 0.3) is 0 Å². The summed E-state index contributed by atoms with van der Waals surface area (Å²) in [6, 6.07) is 0.718. The zero-order valence-electron chi connectivity index (χ0n) is 10.6. The van der Waals surface area contributed by atoms with Crippen LogP contribution in [0.2, 0.25) is 0 Å². The molecule has 0 spiro atoms. The van der Waals surface area contributed by atoms with Crippen molar-refractivity contribution in [1.82, 2.24) is 14.9 Å². The maximum Gasteiger partial charge on any atom is 0.0983 e. The molecule has 1 N–H and O–H groups in total. The molecule has 0 amide bonds. The van der Waals surface area contributed by atoms with Gasteiger partial charge in [-0.05, 0) is 12.8 Å². The molecule has 1 heterocycles. The molecule has 1 aliphatic rings. The van der Waals surface area contributed by atoms with Gasteiger partial charge in [0.15, 0.2) is 0 Å². The SMILES string of the molecule is COCC(Cn1cncc1CNC1CC1)OC. The van der Waals surface area contributed by atoms with Gasteiger partial charge in [-0.15, -0.1) is 0 Å². The second kappa shape index (κ2) is 6.14. The zero-order valence-corrected chi connectivity index (χ0v) is 10.6. The van der Waals surface area contributed by atoms with Crippen molar-refractivity contribution in [3.63, 3.8) is 0 Å². The van der Waals surface area contributed by atoms with Crippen LogP contribution in [0.25, 0.3) is 0 Å². The Kier molecular flexibility index (Phi) is 4.53. The zero-order chi connectivity index (χ0) is 12.1. The van der Waals surface area contributed by atoms with Crippen molar-refractivity contribution in [2.24, 2.45) is 0 Å². The van der Waals surface area contributed by atoms with E-state index in [-0.39, 0.29) is 6.10 Å². The van der Waals surface area contributed by atoms with Crippen LogP contribution in [0.4, 0.5) is 0 Å². The highest BCUT2D eigenvalue weighted by Gasteiger charge is 2.20. The van der Waals surface area contributed by atoms with Crippen molar-refractivity contribution in [2.45, 2.75) is 38.1 Å². The fraction of sp³-hybridized carbons (Fsp3) is 0.750. The quantitative estimate of drug-likeness (QED) is 0.729. The largest absolute Gasteiger partial charge is 0.382 e. The Hall–Kier alpha value is -0.910. The second-order valence-corrected chi connectivity index (χ2v) is 4.51. The Balaban J connectivity index is 1.87. The fourth-order valence-electron chi connectivity index (χ4n) is 1.80. The number of nitrogens with one attached hydrogen (secondary N) is 1. The van der Waals surface area contributed by atoms with Gasteiger partial charge in [-0.2, -0.15) is 0 Å². The summed E-state index contributed by atoms with van der Waals surface area (Å²) in [6.45, 7) is 2.27. The van der Waals surface area contributed by atoms with Gasteiger partial charge in [-0.1, -0.05) is 0 Å². The van der Waals surface area contributed by atoms with Crippen LogP contribution < -0.4 is 5.32 Å². The number of nitrogens with zero attached hydrogens (tertiary/aromatic N) is 2. The predicted octanol–water partition coefficient (Wildman–Crippen LogP) is 0.796. The van der Waals surface area contributed by atoms with E-state index in [1.807, 2.05) is 12.5 Å². The molecule has 0 saturated heterocycles. The lowest BCUT2D eigenvalue weighted by atomic mass is 10.3. The summed E-state index contributed by atoms with van der Waals surface area (Å²) < 4.78 is 12.6. The van der Waals surface area contributed by atoms with Crippen LogP contribution in [0.1, 0.15) is 18.5 Å². The summed E-state index contributed by atoms with van der Waals surface area (Å²) >= 11 is 0. The third-order valence-corrected chi connectivity index (χ3v) is 3.03. The molecule has 1 saturated carbocycles. The van der Waals surface area contributed by atoms with Crippen molar-refractivity contribution in [1.29, 1.82) is 0 Å². The lowest BCUT2D eigenvalue weighted by Crippen LogP contribution is -2.26. The molecule has 1 aromatic heterocycles. The Morgan fingerprint density at radius 2 is 2.35 bits per heavy atom. The van der Waals surface area contributed by atoms with Crippen LogP contribution in [0.15, 0.2) is 12.5 Å². The average Bonchev–Trinajstić information content (AvgIpc) is 3.07. The summed E-state index contributed by atoms with van der Waals surface area (Å²) in [5.74, 6) is 0. The van der Waals surface area contributed by atoms with E-state index in [0.717, 1.165) is 19.1 Å². The maximum atomic E-state index is 5.36. The van der Waals surface area contributed by atoms with E-state index in [2.05, 4.69) is 14.9 Å². The fourth-order valence-corrected chi connectivity index (χ4v) is 1.80. The number of ether oxygens (including phenoxy) is 2. The van der Waals surface area contributed by atoms with Gasteiger partial charge in [0.2, 0.25) is 0 Å². The van der Waals surface area contributed by atoms with E-state index in [1.165, 1.54) is 18.5 Å². The van der Waals surface area contributed by atoms with Gasteiger partial charge in [-0.3, -0.25) is 0 Å². The van der Waals surface area contributed by atoms with Crippen molar-refractivity contribution < 1.29 is 9.47 Å². The molecule has 1 atom stereocenters. The van der Waals surface area contributed by atoms with Crippen molar-refractivity contribution >= 4 is 0 Å². The monoisotopic (exact) mass is 239 g/mol. The van der Waals surface area contributed by atoms with Gasteiger partial charge in [0, 0.05) is 33.0 Å². The van der Waals surface area contributed by atoms with Crippen molar-refractivity contribution in [2.75, 3.05) is 20.8 Å². The minimum absolute atomic E-state index is 0.0777. The minimum Gasteiger partial charge on any atom is -0.382 e. The van der Waals surface area contributed by atoms with Crippen LogP contribution in [0.3, 0.4) is 0 Å². The van der Waals surface area contributed by atoms with Gasteiger partial charge in [0.1, 0.15) is 0 Å². The molecule has 5 heteroatoms. The summed E-state index contributed by atoms with van der Waals surface area (Å²) in [6.07, 6.45) is 6.45. The summed E-state index contributed by atoms with van der Waals surface area (Å²) in [7, 11) is 3.40. The lowest BCUT2D eigenvalue weighted by Gasteiger charge is -2.16. The van der Waals surface area contributed by atoms with Crippen LogP contribution in [-0.2, 0) is 22.6 Å². The molecule has 2 rings (SSSR count). The van der Waals surface area contributed by atoms with Gasteiger partial charge in [-0.25, -0.2) is 4.98 Å². The number of hydrogen-bond acceptors (Lipinski definition) is 4. The standard InChI is InChI=1S/C12H21N3O2/c1-16-8-12(17-2)7-15-9-13-5-11(15)6-14-10-3-4-10/h5,9-10,12,14H,3-4,6-8H2,1-2H3. The number of rotatable bonds is 8. The number of methoxy groups -OCH3 is 2. The number of hydrogen-bond donors (Lipinski definition) is 1. The van der Waals surface area contributed by atoms with E-state index >= 15 is 0 Å². The minimum atomic E-state index is 0.0777. The van der Waals surface area contributed by atoms with E-state index < -0.39 is 0 Å². The molecule has 1 aliphatic carbocycles. The molecule has 0 radical (unpaired) electrons. The first-order valence-electron chi connectivity index (χ1n) is 6.07. The summed E-state index contributed by atoms with van der Waals surface area (Å²) in [5.41, 5.74) is 1.20. The van der Waals surface area contributed by atoms with Crippen LogP contribution in [0, 0.1) is 0 Å². The highest BCUT2D eigenvalue weighted by molar-refractivity contribution is 4.99. The lowest BCUT2D eigenvalue weighted by molar-refractivity contribution is 0.0179. The highest BCUT2D eigenvalue weighted by Crippen LogP contribution is 2.19. The first-order valence-corrected chi connectivity index (χ1v) is 6.07. The topological polar surface area (TPSA) is 48.3 Å². The Labute approximate surface area is 102 Å². The van der Waals surface area contributed by atoms with E-state index in [1.54, 1.807) is 14.2 Å². The molecule has 1 aromatic rings. The molecule has 0 aliphatic heterocycles. The van der Waals surface area contributed by atoms with Gasteiger partial charge in [0.05, 0.1) is 31.3 Å². The van der Waals surface area contributed by atoms with E-state index in [9.17, 15) is 0 Å². The number of aromatic nitrogens is 2. The van der Waals surface area contributed by atoms with E-state index in [0.29, 0.717) is 6.61 Å². The smallest absolute Gasteiger partial charge is 0.0983 e. The Morgan fingerprint density at radius 3 is 3.00 bits per heavy atom. The molecular formula is C12H21N3O2. The molecule has 0 aromatic carbocycles. The average molecular weight is 239 g/mol. The Bertz CT molecular complexity index is 336. The van der Waals surface area contributed by atoms with Crippen LogP contribution >= 0.6 is 0 Å². The molecule has 0 bridgehead atoms. The van der Waals surface area contributed by atoms with Crippen molar-refractivity contribution in [3.8, 4) is 0 Å². The molecule has 5 nitrogen and oxygen atoms in total. The van der Waals surface area contributed by atoms with Crippen molar-refractivity contribution in [3.05, 3.63) is 18.2 Å². The number of imidazole rings is 1. The molecule has 1 fully saturated rings. The third-order valence-electron chi connectivity index (χ3n) is 3.03. The van der Waals surface area contributed by atoms with Crippen LogP contribution in [0.5, 0.6) is 0 Å². The second-order valence-electron chi connectivity index (χ2n) is 4.51. The first kappa shape index (κ1) is 12.5. The van der Waals surface area contributed by atoms with Crippen LogP contribution in [-0.4, -0.2) is 42.5 Å². The van der Waals surface area contributed by atoms with Gasteiger partial charge >= 0.3 is 0 Å². The van der Waals surface area contributed by atoms with E-state index in [4.69, 9.17) is 9.47 Å². The molecule has 17 heavy (non-hydrogen) atoms. The maximum absolute atomic E-state index is 5.36. The summed E-state index contributed by atoms with van der Waals surface area (Å²) in [4.78, 5) is 4.19. The van der Waals surface area contributed by atoms with Gasteiger partial charge < -0.3 is 19.4 Å². The predicted molar refractivity (Wildman–Crippen MR) is 64.8 cm³/mol. The summed E-state index contributed by atoms with van der Waals surface area (Å²) in [5, 5.41) is 3.49. The molecular weight excluding hydrogens is 218 g/mol. The third kappa shape index (κ3) is 3.80. The highest BCUT2D eigenvalue weighted by atomic mass is 16.5. The molecule has 96 valence electrons. The molecule has 1 unspecified atom stereocenters. The normalized spacial score (nSPS) is 17.3.